The van der Waals surface area contributed by atoms with Crippen LogP contribution in [0.5, 0.6) is 5.75 Å². The van der Waals surface area contributed by atoms with Crippen LogP contribution in [-0.2, 0) is 0 Å². The molecule has 2 amide bonds. The molecule has 1 saturated heterocycles. The molecule has 1 fully saturated rings. The molecule has 5 rings (SSSR count). The van der Waals surface area contributed by atoms with Gasteiger partial charge in [-0.05, 0) is 48.5 Å². The monoisotopic (exact) mass is 455 g/mol. The lowest BCUT2D eigenvalue weighted by atomic mass is 10.1. The Hall–Kier alpha value is -4.26. The molecule has 0 atom stereocenters. The third-order valence-electron chi connectivity index (χ3n) is 6.07. The van der Waals surface area contributed by atoms with Gasteiger partial charge in [0.25, 0.3) is 11.8 Å². The summed E-state index contributed by atoms with van der Waals surface area (Å²) in [5.41, 5.74) is 2.57. The standard InChI is InChI=1S/C27H25N3O4/c1-33-21-13-11-20(12-14-21)29-15-17-30(18-16-29)27(32)25-24(22-9-5-6-10-23(22)34-25)28-26(31)19-7-3-2-4-8-19/h2-14H,15-18H2,1H3,(H,28,31). The minimum absolute atomic E-state index is 0.156. The first kappa shape index (κ1) is 21.6. The fourth-order valence-corrected chi connectivity index (χ4v) is 4.20. The van der Waals surface area contributed by atoms with Gasteiger partial charge in [0, 0.05) is 42.8 Å². The van der Waals surface area contributed by atoms with Crippen molar-refractivity contribution >= 4 is 34.2 Å². The molecular formula is C27H25N3O4. The molecule has 0 spiro atoms. The number of hydrogen-bond acceptors (Lipinski definition) is 5. The second kappa shape index (κ2) is 9.31. The average Bonchev–Trinajstić information content (AvgIpc) is 3.27. The highest BCUT2D eigenvalue weighted by molar-refractivity contribution is 6.14. The molecule has 1 aliphatic heterocycles. The molecular weight excluding hydrogens is 430 g/mol. The minimum Gasteiger partial charge on any atom is -0.497 e. The number of benzene rings is 3. The summed E-state index contributed by atoms with van der Waals surface area (Å²) in [5, 5.41) is 3.61. The van der Waals surface area contributed by atoms with E-state index in [0.717, 1.165) is 11.4 Å². The molecule has 7 heteroatoms. The van der Waals surface area contributed by atoms with E-state index in [4.69, 9.17) is 9.15 Å². The Morgan fingerprint density at radius 2 is 1.53 bits per heavy atom. The molecule has 1 aliphatic rings. The number of carbonyl (C=O) groups is 2. The predicted molar refractivity (Wildman–Crippen MR) is 132 cm³/mol. The summed E-state index contributed by atoms with van der Waals surface area (Å²) in [4.78, 5) is 30.3. The number of nitrogens with one attached hydrogen (secondary N) is 1. The Balaban J connectivity index is 1.36. The van der Waals surface area contributed by atoms with Crippen LogP contribution in [0.4, 0.5) is 11.4 Å². The quantitative estimate of drug-likeness (QED) is 0.474. The normalized spacial score (nSPS) is 13.7. The molecule has 1 aromatic heterocycles. The summed E-state index contributed by atoms with van der Waals surface area (Å²) in [6, 6.07) is 24.2. The zero-order valence-corrected chi connectivity index (χ0v) is 18.9. The summed E-state index contributed by atoms with van der Waals surface area (Å²) in [6.45, 7) is 2.50. The van der Waals surface area contributed by atoms with E-state index in [9.17, 15) is 9.59 Å². The molecule has 0 bridgehead atoms. The van der Waals surface area contributed by atoms with Crippen molar-refractivity contribution in [3.05, 3.63) is 90.2 Å². The zero-order chi connectivity index (χ0) is 23.5. The highest BCUT2D eigenvalue weighted by Crippen LogP contribution is 2.32. The number of hydrogen-bond donors (Lipinski definition) is 1. The van der Waals surface area contributed by atoms with Crippen molar-refractivity contribution in [2.24, 2.45) is 0 Å². The van der Waals surface area contributed by atoms with Gasteiger partial charge < -0.3 is 24.3 Å². The maximum absolute atomic E-state index is 13.5. The van der Waals surface area contributed by atoms with E-state index in [2.05, 4.69) is 10.2 Å². The Bertz CT molecular complexity index is 1310. The summed E-state index contributed by atoms with van der Waals surface area (Å²) in [6.07, 6.45) is 0. The highest BCUT2D eigenvalue weighted by Gasteiger charge is 2.29. The van der Waals surface area contributed by atoms with Gasteiger partial charge in [0.2, 0.25) is 5.76 Å². The number of carbonyl (C=O) groups excluding carboxylic acids is 2. The first-order chi connectivity index (χ1) is 16.6. The molecule has 0 unspecified atom stereocenters. The van der Waals surface area contributed by atoms with Crippen LogP contribution in [0.3, 0.4) is 0 Å². The van der Waals surface area contributed by atoms with Crippen LogP contribution in [0.25, 0.3) is 11.0 Å². The Kier molecular flexibility index (Phi) is 5.91. The lowest BCUT2D eigenvalue weighted by Crippen LogP contribution is -2.48. The van der Waals surface area contributed by atoms with Crippen LogP contribution in [0.2, 0.25) is 0 Å². The number of nitrogens with zero attached hydrogens (tertiary/aromatic N) is 2. The van der Waals surface area contributed by atoms with Gasteiger partial charge >= 0.3 is 0 Å². The number of anilines is 2. The Morgan fingerprint density at radius 3 is 2.24 bits per heavy atom. The second-order valence-electron chi connectivity index (χ2n) is 8.10. The Morgan fingerprint density at radius 1 is 0.853 bits per heavy atom. The van der Waals surface area contributed by atoms with Crippen molar-refractivity contribution in [2.75, 3.05) is 43.5 Å². The topological polar surface area (TPSA) is 75.0 Å². The first-order valence-electron chi connectivity index (χ1n) is 11.2. The number of ether oxygens (including phenoxy) is 1. The number of amides is 2. The van der Waals surface area contributed by atoms with E-state index in [-0.39, 0.29) is 17.6 Å². The van der Waals surface area contributed by atoms with E-state index in [1.165, 1.54) is 0 Å². The number of methoxy groups -OCH3 is 1. The summed E-state index contributed by atoms with van der Waals surface area (Å²) < 4.78 is 11.2. The van der Waals surface area contributed by atoms with E-state index >= 15 is 0 Å². The van der Waals surface area contributed by atoms with Gasteiger partial charge in [-0.15, -0.1) is 0 Å². The van der Waals surface area contributed by atoms with Crippen LogP contribution in [0.15, 0.2) is 83.3 Å². The number of fused-ring (bicyclic) bond motifs is 1. The van der Waals surface area contributed by atoms with Crippen molar-refractivity contribution in [1.82, 2.24) is 4.90 Å². The predicted octanol–water partition coefficient (Wildman–Crippen LogP) is 4.66. The average molecular weight is 456 g/mol. The number of furan rings is 1. The smallest absolute Gasteiger partial charge is 0.291 e. The SMILES string of the molecule is COc1ccc(N2CCN(C(=O)c3oc4ccccc4c3NC(=O)c3ccccc3)CC2)cc1. The zero-order valence-electron chi connectivity index (χ0n) is 18.9. The maximum Gasteiger partial charge on any atom is 0.291 e. The largest absolute Gasteiger partial charge is 0.497 e. The molecule has 3 aromatic carbocycles. The van der Waals surface area contributed by atoms with Crippen LogP contribution in [-0.4, -0.2) is 50.0 Å². The number of para-hydroxylation sites is 1. The van der Waals surface area contributed by atoms with Gasteiger partial charge in [0.15, 0.2) is 0 Å². The summed E-state index contributed by atoms with van der Waals surface area (Å²) >= 11 is 0. The number of rotatable bonds is 5. The van der Waals surface area contributed by atoms with Crippen molar-refractivity contribution in [2.45, 2.75) is 0 Å². The lowest BCUT2D eigenvalue weighted by Gasteiger charge is -2.35. The van der Waals surface area contributed by atoms with E-state index in [1.54, 1.807) is 42.3 Å². The van der Waals surface area contributed by atoms with Crippen LogP contribution < -0.4 is 15.0 Å². The second-order valence-corrected chi connectivity index (χ2v) is 8.10. The molecule has 4 aromatic rings. The van der Waals surface area contributed by atoms with Gasteiger partial charge in [-0.1, -0.05) is 30.3 Å². The fraction of sp³-hybridized carbons (Fsp3) is 0.185. The summed E-state index contributed by atoms with van der Waals surface area (Å²) in [5.74, 6) is 0.454. The molecule has 0 radical (unpaired) electrons. The lowest BCUT2D eigenvalue weighted by molar-refractivity contribution is 0.0718. The third kappa shape index (κ3) is 4.20. The molecule has 2 heterocycles. The maximum atomic E-state index is 13.5. The molecule has 34 heavy (non-hydrogen) atoms. The summed E-state index contributed by atoms with van der Waals surface area (Å²) in [7, 11) is 1.65. The van der Waals surface area contributed by atoms with Gasteiger partial charge in [0.1, 0.15) is 17.0 Å². The van der Waals surface area contributed by atoms with Crippen molar-refractivity contribution in [3.8, 4) is 5.75 Å². The number of piperazine rings is 1. The van der Waals surface area contributed by atoms with Gasteiger partial charge in [-0.25, -0.2) is 0 Å². The van der Waals surface area contributed by atoms with Crippen LogP contribution >= 0.6 is 0 Å². The van der Waals surface area contributed by atoms with E-state index in [1.807, 2.05) is 48.5 Å². The fourth-order valence-electron chi connectivity index (χ4n) is 4.20. The molecule has 7 nitrogen and oxygen atoms in total. The molecule has 172 valence electrons. The van der Waals surface area contributed by atoms with Gasteiger partial charge in [0.05, 0.1) is 7.11 Å². The van der Waals surface area contributed by atoms with E-state index < -0.39 is 0 Å². The molecule has 1 N–H and O–H groups in total. The van der Waals surface area contributed by atoms with Crippen LogP contribution in [0.1, 0.15) is 20.9 Å². The molecule has 0 saturated carbocycles. The van der Waals surface area contributed by atoms with Crippen molar-refractivity contribution in [1.29, 1.82) is 0 Å². The van der Waals surface area contributed by atoms with Crippen LogP contribution in [0, 0.1) is 0 Å². The minimum atomic E-state index is -0.287. The highest BCUT2D eigenvalue weighted by atomic mass is 16.5. The van der Waals surface area contributed by atoms with Gasteiger partial charge in [-0.2, -0.15) is 0 Å². The van der Waals surface area contributed by atoms with E-state index in [0.29, 0.717) is 48.4 Å². The van der Waals surface area contributed by atoms with Gasteiger partial charge in [-0.3, -0.25) is 9.59 Å². The Labute approximate surface area is 197 Å². The van der Waals surface area contributed by atoms with Crippen molar-refractivity contribution in [3.63, 3.8) is 0 Å². The van der Waals surface area contributed by atoms with Crippen molar-refractivity contribution < 1.29 is 18.7 Å². The third-order valence-corrected chi connectivity index (χ3v) is 6.07. The first-order valence-corrected chi connectivity index (χ1v) is 11.2. The molecule has 0 aliphatic carbocycles.